The van der Waals surface area contributed by atoms with E-state index < -0.39 is 0 Å². The van der Waals surface area contributed by atoms with E-state index in [1.807, 2.05) is 42.5 Å². The summed E-state index contributed by atoms with van der Waals surface area (Å²) in [4.78, 5) is 14.6. The molecule has 1 amide bonds. The summed E-state index contributed by atoms with van der Waals surface area (Å²) in [5.74, 6) is 0.573. The summed E-state index contributed by atoms with van der Waals surface area (Å²) in [6.45, 7) is 4.93. The van der Waals surface area contributed by atoms with Crippen LogP contribution in [0.15, 0.2) is 54.6 Å². The van der Waals surface area contributed by atoms with Crippen LogP contribution in [0.4, 0.5) is 5.69 Å². The number of benzene rings is 2. The summed E-state index contributed by atoms with van der Waals surface area (Å²) < 4.78 is 11.1. The number of nitrogens with zero attached hydrogens (tertiary/aromatic N) is 1. The number of morpholine rings is 1. The van der Waals surface area contributed by atoms with E-state index in [1.165, 1.54) is 0 Å². The van der Waals surface area contributed by atoms with Crippen molar-refractivity contribution in [3.63, 3.8) is 0 Å². The summed E-state index contributed by atoms with van der Waals surface area (Å²) in [6.07, 6.45) is 0. The lowest BCUT2D eigenvalue weighted by atomic mass is 10.2. The van der Waals surface area contributed by atoms with Crippen molar-refractivity contribution in [3.8, 4) is 5.75 Å². The molecule has 5 heteroatoms. The van der Waals surface area contributed by atoms with Gasteiger partial charge in [0.25, 0.3) is 5.91 Å². The first kappa shape index (κ1) is 16.5. The number of rotatable bonds is 6. The Hall–Kier alpha value is -2.37. The smallest absolute Gasteiger partial charge is 0.255 e. The monoisotopic (exact) mass is 326 g/mol. The molecule has 0 aromatic heterocycles. The van der Waals surface area contributed by atoms with Gasteiger partial charge in [0.1, 0.15) is 12.4 Å². The predicted octanol–water partition coefficient (Wildman–Crippen LogP) is 2.65. The van der Waals surface area contributed by atoms with Gasteiger partial charge in [-0.1, -0.05) is 24.3 Å². The minimum atomic E-state index is -0.139. The first-order valence-corrected chi connectivity index (χ1v) is 8.21. The molecule has 0 saturated carbocycles. The van der Waals surface area contributed by atoms with Gasteiger partial charge in [-0.2, -0.15) is 0 Å². The maximum atomic E-state index is 12.3. The SMILES string of the molecule is O=C(Nc1ccccc1)c1cccc(OCCN2CCOCC2)c1. The van der Waals surface area contributed by atoms with Crippen LogP contribution < -0.4 is 10.1 Å². The Balaban J connectivity index is 1.52. The van der Waals surface area contributed by atoms with Crippen LogP contribution in [0, 0.1) is 0 Å². The molecule has 126 valence electrons. The van der Waals surface area contributed by atoms with Crippen molar-refractivity contribution in [2.75, 3.05) is 44.8 Å². The molecule has 0 radical (unpaired) electrons. The summed E-state index contributed by atoms with van der Waals surface area (Å²) in [5.41, 5.74) is 1.36. The van der Waals surface area contributed by atoms with Crippen LogP contribution >= 0.6 is 0 Å². The van der Waals surface area contributed by atoms with E-state index in [0.29, 0.717) is 17.9 Å². The van der Waals surface area contributed by atoms with E-state index in [2.05, 4.69) is 10.2 Å². The number of para-hydroxylation sites is 1. The molecular weight excluding hydrogens is 304 g/mol. The molecule has 1 aliphatic heterocycles. The van der Waals surface area contributed by atoms with Gasteiger partial charge in [0.2, 0.25) is 0 Å². The second-order valence-electron chi connectivity index (χ2n) is 5.65. The highest BCUT2D eigenvalue weighted by atomic mass is 16.5. The van der Waals surface area contributed by atoms with Crippen molar-refractivity contribution in [1.82, 2.24) is 4.90 Å². The van der Waals surface area contributed by atoms with Gasteiger partial charge in [-0.25, -0.2) is 0 Å². The molecule has 0 spiro atoms. The largest absolute Gasteiger partial charge is 0.492 e. The Labute approximate surface area is 142 Å². The fourth-order valence-corrected chi connectivity index (χ4v) is 2.57. The normalized spacial score (nSPS) is 15.0. The summed E-state index contributed by atoms with van der Waals surface area (Å²) in [5, 5.41) is 2.88. The lowest BCUT2D eigenvalue weighted by Crippen LogP contribution is -2.38. The average molecular weight is 326 g/mol. The number of hydrogen-bond donors (Lipinski definition) is 1. The molecule has 24 heavy (non-hydrogen) atoms. The lowest BCUT2D eigenvalue weighted by molar-refractivity contribution is 0.0322. The Kier molecular flexibility index (Phi) is 5.82. The van der Waals surface area contributed by atoms with Crippen LogP contribution in [0.3, 0.4) is 0 Å². The highest BCUT2D eigenvalue weighted by molar-refractivity contribution is 6.04. The standard InChI is InChI=1S/C19H22N2O3/c22-19(20-17-6-2-1-3-7-17)16-5-4-8-18(15-16)24-14-11-21-9-12-23-13-10-21/h1-8,15H,9-14H2,(H,20,22). The molecule has 0 atom stereocenters. The van der Waals surface area contributed by atoms with Gasteiger partial charge >= 0.3 is 0 Å². The van der Waals surface area contributed by atoms with Crippen molar-refractivity contribution >= 4 is 11.6 Å². The minimum absolute atomic E-state index is 0.139. The Morgan fingerprint density at radius 3 is 2.67 bits per heavy atom. The zero-order chi connectivity index (χ0) is 16.6. The van der Waals surface area contributed by atoms with E-state index in [9.17, 15) is 4.79 Å². The quantitative estimate of drug-likeness (QED) is 0.887. The number of carbonyl (C=O) groups excluding carboxylic acids is 1. The third kappa shape index (κ3) is 4.81. The van der Waals surface area contributed by atoms with Gasteiger partial charge in [0.05, 0.1) is 13.2 Å². The first-order chi connectivity index (χ1) is 11.8. The van der Waals surface area contributed by atoms with Crippen LogP contribution in [-0.2, 0) is 4.74 Å². The molecule has 0 aliphatic carbocycles. The van der Waals surface area contributed by atoms with Crippen LogP contribution in [0.5, 0.6) is 5.75 Å². The molecule has 0 unspecified atom stereocenters. The molecule has 1 heterocycles. The molecule has 5 nitrogen and oxygen atoms in total. The van der Waals surface area contributed by atoms with Crippen LogP contribution in [-0.4, -0.2) is 50.3 Å². The number of hydrogen-bond acceptors (Lipinski definition) is 4. The van der Waals surface area contributed by atoms with Gasteiger partial charge in [-0.3, -0.25) is 9.69 Å². The zero-order valence-corrected chi connectivity index (χ0v) is 13.6. The van der Waals surface area contributed by atoms with Gasteiger partial charge in [-0.05, 0) is 30.3 Å². The highest BCUT2D eigenvalue weighted by Crippen LogP contribution is 2.15. The van der Waals surface area contributed by atoms with E-state index >= 15 is 0 Å². The first-order valence-electron chi connectivity index (χ1n) is 8.21. The summed E-state index contributed by atoms with van der Waals surface area (Å²) in [6, 6.07) is 16.7. The van der Waals surface area contributed by atoms with Crippen molar-refractivity contribution < 1.29 is 14.3 Å². The fourth-order valence-electron chi connectivity index (χ4n) is 2.57. The number of amides is 1. The summed E-state index contributed by atoms with van der Waals surface area (Å²) >= 11 is 0. The highest BCUT2D eigenvalue weighted by Gasteiger charge is 2.10. The molecule has 1 saturated heterocycles. The van der Waals surface area contributed by atoms with E-state index in [-0.39, 0.29) is 5.91 Å². The van der Waals surface area contributed by atoms with Gasteiger partial charge in [0, 0.05) is 30.9 Å². The van der Waals surface area contributed by atoms with Crippen molar-refractivity contribution in [1.29, 1.82) is 0 Å². The van der Waals surface area contributed by atoms with Crippen LogP contribution in [0.1, 0.15) is 10.4 Å². The minimum Gasteiger partial charge on any atom is -0.492 e. The number of anilines is 1. The Morgan fingerprint density at radius 2 is 1.88 bits per heavy atom. The Morgan fingerprint density at radius 1 is 1.08 bits per heavy atom. The molecule has 0 bridgehead atoms. The average Bonchev–Trinajstić information content (AvgIpc) is 2.64. The number of carbonyl (C=O) groups is 1. The second kappa shape index (κ2) is 8.47. The molecule has 2 aromatic rings. The van der Waals surface area contributed by atoms with E-state index in [1.54, 1.807) is 12.1 Å². The fraction of sp³-hybridized carbons (Fsp3) is 0.316. The third-order valence-electron chi connectivity index (χ3n) is 3.91. The predicted molar refractivity (Wildman–Crippen MR) is 93.6 cm³/mol. The molecule has 3 rings (SSSR count). The van der Waals surface area contributed by atoms with Gasteiger partial charge < -0.3 is 14.8 Å². The van der Waals surface area contributed by atoms with E-state index in [0.717, 1.165) is 38.5 Å². The molecular formula is C19H22N2O3. The number of ether oxygens (including phenoxy) is 2. The van der Waals surface area contributed by atoms with Crippen LogP contribution in [0.25, 0.3) is 0 Å². The van der Waals surface area contributed by atoms with Crippen molar-refractivity contribution in [2.24, 2.45) is 0 Å². The summed E-state index contributed by atoms with van der Waals surface area (Å²) in [7, 11) is 0. The van der Waals surface area contributed by atoms with Crippen molar-refractivity contribution in [2.45, 2.75) is 0 Å². The zero-order valence-electron chi connectivity index (χ0n) is 13.6. The Bertz CT molecular complexity index is 655. The van der Waals surface area contributed by atoms with Gasteiger partial charge in [0.15, 0.2) is 0 Å². The van der Waals surface area contributed by atoms with Crippen LogP contribution in [0.2, 0.25) is 0 Å². The second-order valence-corrected chi connectivity index (χ2v) is 5.65. The van der Waals surface area contributed by atoms with Gasteiger partial charge in [-0.15, -0.1) is 0 Å². The topological polar surface area (TPSA) is 50.8 Å². The third-order valence-corrected chi connectivity index (χ3v) is 3.91. The molecule has 1 aliphatic rings. The molecule has 1 fully saturated rings. The maximum absolute atomic E-state index is 12.3. The number of nitrogens with one attached hydrogen (secondary N) is 1. The molecule has 1 N–H and O–H groups in total. The van der Waals surface area contributed by atoms with E-state index in [4.69, 9.17) is 9.47 Å². The van der Waals surface area contributed by atoms with Crippen molar-refractivity contribution in [3.05, 3.63) is 60.2 Å². The maximum Gasteiger partial charge on any atom is 0.255 e. The molecule has 2 aromatic carbocycles. The lowest BCUT2D eigenvalue weighted by Gasteiger charge is -2.26.